The summed E-state index contributed by atoms with van der Waals surface area (Å²) < 4.78 is 6.39. The number of hydrogen-bond donors (Lipinski definition) is 0. The van der Waals surface area contributed by atoms with Crippen LogP contribution < -0.4 is 4.74 Å². The summed E-state index contributed by atoms with van der Waals surface area (Å²) in [6.45, 7) is 0.921. The zero-order valence-corrected chi connectivity index (χ0v) is 12.3. The van der Waals surface area contributed by atoms with E-state index < -0.39 is 0 Å². The largest absolute Gasteiger partial charge is 0.480 e. The molecule has 4 rings (SSSR count). The second-order valence-corrected chi connectivity index (χ2v) is 5.66. The third-order valence-electron chi connectivity index (χ3n) is 4.21. The van der Waals surface area contributed by atoms with Crippen LogP contribution in [0.15, 0.2) is 59.8 Å². The van der Waals surface area contributed by atoms with E-state index in [0.29, 0.717) is 0 Å². The van der Waals surface area contributed by atoms with Gasteiger partial charge >= 0.3 is 0 Å². The molecule has 0 radical (unpaired) electrons. The lowest BCUT2D eigenvalue weighted by Crippen LogP contribution is -2.49. The molecular weight excluding hydrogens is 270 g/mol. The molecule has 1 unspecified atom stereocenters. The summed E-state index contributed by atoms with van der Waals surface area (Å²) in [5.41, 5.74) is 3.90. The summed E-state index contributed by atoms with van der Waals surface area (Å²) in [5, 5.41) is 0. The Morgan fingerprint density at radius 1 is 1.25 bits per heavy atom. The van der Waals surface area contributed by atoms with Crippen molar-refractivity contribution in [1.82, 2.24) is 4.90 Å². The number of para-hydroxylation sites is 1. The normalized spacial score (nSPS) is 26.1. The first-order chi connectivity index (χ1) is 9.27. The lowest BCUT2D eigenvalue weighted by atomic mass is 9.79. The van der Waals surface area contributed by atoms with Gasteiger partial charge in [-0.2, -0.15) is 0 Å². The van der Waals surface area contributed by atoms with Gasteiger partial charge in [0.25, 0.3) is 0 Å². The zero-order valence-electron chi connectivity index (χ0n) is 11.5. The van der Waals surface area contributed by atoms with E-state index in [0.717, 1.165) is 25.1 Å². The van der Waals surface area contributed by atoms with Gasteiger partial charge in [-0.3, -0.25) is 0 Å². The predicted octanol–water partition coefficient (Wildman–Crippen LogP) is 3.50. The van der Waals surface area contributed by atoms with Gasteiger partial charge < -0.3 is 9.64 Å². The molecule has 1 aliphatic carbocycles. The summed E-state index contributed by atoms with van der Waals surface area (Å²) in [4.78, 5) is 2.26. The molecule has 104 valence electrons. The minimum atomic E-state index is -0.187. The molecule has 2 aliphatic heterocycles. The molecule has 0 amide bonds. The van der Waals surface area contributed by atoms with Gasteiger partial charge in [-0.1, -0.05) is 36.4 Å². The van der Waals surface area contributed by atoms with Crippen LogP contribution in [0.3, 0.4) is 0 Å². The molecule has 0 aromatic heterocycles. The van der Waals surface area contributed by atoms with Crippen molar-refractivity contribution in [3.8, 4) is 5.75 Å². The number of ether oxygens (including phenoxy) is 1. The number of allylic oxidation sites excluding steroid dienone is 3. The van der Waals surface area contributed by atoms with Gasteiger partial charge in [0.1, 0.15) is 5.75 Å². The van der Waals surface area contributed by atoms with Gasteiger partial charge in [-0.15, -0.1) is 12.4 Å². The van der Waals surface area contributed by atoms with Gasteiger partial charge in [0, 0.05) is 25.2 Å². The predicted molar refractivity (Wildman–Crippen MR) is 83.3 cm³/mol. The Labute approximate surface area is 125 Å². The summed E-state index contributed by atoms with van der Waals surface area (Å²) in [5.74, 6) is 1.05. The molecule has 2 nitrogen and oxygen atoms in total. The molecular formula is C17H18ClNO. The Morgan fingerprint density at radius 3 is 2.95 bits per heavy atom. The third-order valence-corrected chi connectivity index (χ3v) is 4.21. The molecule has 0 N–H and O–H groups in total. The first-order valence-electron chi connectivity index (χ1n) is 6.82. The zero-order chi connectivity index (χ0) is 12.9. The Balaban J connectivity index is 0.00000121. The summed E-state index contributed by atoms with van der Waals surface area (Å²) >= 11 is 0. The third kappa shape index (κ3) is 1.87. The van der Waals surface area contributed by atoms with Gasteiger partial charge in [0.05, 0.1) is 6.54 Å². The van der Waals surface area contributed by atoms with Crippen molar-refractivity contribution in [2.45, 2.75) is 18.4 Å². The molecule has 1 aromatic rings. The maximum absolute atomic E-state index is 6.39. The SMILES string of the molecule is CN1C=C2CC=CC=C2C2(Cc3ccccc3O2)C1.Cl. The van der Waals surface area contributed by atoms with Crippen molar-refractivity contribution in [2.75, 3.05) is 13.6 Å². The lowest BCUT2D eigenvalue weighted by molar-refractivity contribution is 0.0988. The van der Waals surface area contributed by atoms with E-state index in [1.54, 1.807) is 0 Å². The molecule has 3 heteroatoms. The summed E-state index contributed by atoms with van der Waals surface area (Å²) in [6, 6.07) is 8.42. The summed E-state index contributed by atoms with van der Waals surface area (Å²) in [7, 11) is 2.14. The molecule has 1 aromatic carbocycles. The van der Waals surface area contributed by atoms with Crippen molar-refractivity contribution >= 4 is 12.4 Å². The van der Waals surface area contributed by atoms with E-state index in [1.807, 2.05) is 0 Å². The van der Waals surface area contributed by atoms with E-state index in [2.05, 4.69) is 60.6 Å². The minimum Gasteiger partial charge on any atom is -0.480 e. The Morgan fingerprint density at radius 2 is 2.10 bits per heavy atom. The fourth-order valence-corrected chi connectivity index (χ4v) is 3.48. The average molecular weight is 288 g/mol. The highest BCUT2D eigenvalue weighted by Gasteiger charge is 2.46. The van der Waals surface area contributed by atoms with Crippen LogP contribution in [-0.2, 0) is 6.42 Å². The van der Waals surface area contributed by atoms with Crippen molar-refractivity contribution < 1.29 is 4.74 Å². The second-order valence-electron chi connectivity index (χ2n) is 5.66. The maximum Gasteiger partial charge on any atom is 0.156 e. The smallest absolute Gasteiger partial charge is 0.156 e. The fraction of sp³-hybridized carbons (Fsp3) is 0.294. The number of hydrogen-bond acceptors (Lipinski definition) is 2. The van der Waals surface area contributed by atoms with E-state index in [9.17, 15) is 0 Å². The summed E-state index contributed by atoms with van der Waals surface area (Å²) in [6.07, 6.45) is 10.8. The second kappa shape index (κ2) is 4.71. The monoisotopic (exact) mass is 287 g/mol. The van der Waals surface area contributed by atoms with Crippen LogP contribution in [-0.4, -0.2) is 24.1 Å². The number of nitrogens with zero attached hydrogens (tertiary/aromatic N) is 1. The molecule has 2 heterocycles. The molecule has 20 heavy (non-hydrogen) atoms. The van der Waals surface area contributed by atoms with E-state index in [4.69, 9.17) is 4.74 Å². The highest BCUT2D eigenvalue weighted by molar-refractivity contribution is 5.85. The van der Waals surface area contributed by atoms with Crippen molar-refractivity contribution in [3.05, 3.63) is 65.4 Å². The van der Waals surface area contributed by atoms with Crippen LogP contribution in [0, 0.1) is 0 Å². The topological polar surface area (TPSA) is 12.5 Å². The van der Waals surface area contributed by atoms with Crippen LogP contribution in [0.4, 0.5) is 0 Å². The first kappa shape index (κ1) is 13.3. The first-order valence-corrected chi connectivity index (χ1v) is 6.82. The standard InChI is InChI=1S/C17H17NO.ClH/c1-18-11-14-7-2-4-8-15(14)17(12-18)10-13-6-3-5-9-16(13)19-17;/h2-6,8-9,11H,7,10,12H2,1H3;1H. The number of halogens is 1. The molecule has 0 fully saturated rings. The minimum absolute atomic E-state index is 0. The Hall–Kier alpha value is -1.67. The van der Waals surface area contributed by atoms with E-state index in [-0.39, 0.29) is 18.0 Å². The number of fused-ring (bicyclic) bond motifs is 3. The Kier molecular flexibility index (Phi) is 3.14. The quantitative estimate of drug-likeness (QED) is 0.724. The highest BCUT2D eigenvalue weighted by atomic mass is 35.5. The molecule has 0 bridgehead atoms. The maximum atomic E-state index is 6.39. The Bertz CT molecular complexity index is 605. The molecule has 0 saturated heterocycles. The fourth-order valence-electron chi connectivity index (χ4n) is 3.48. The van der Waals surface area contributed by atoms with E-state index in [1.165, 1.54) is 16.7 Å². The molecule has 1 atom stereocenters. The van der Waals surface area contributed by atoms with Crippen LogP contribution in [0.25, 0.3) is 0 Å². The molecule has 1 spiro atoms. The van der Waals surface area contributed by atoms with Crippen LogP contribution in [0.1, 0.15) is 12.0 Å². The lowest BCUT2D eigenvalue weighted by Gasteiger charge is -2.41. The van der Waals surface area contributed by atoms with Gasteiger partial charge in [0.15, 0.2) is 5.60 Å². The van der Waals surface area contributed by atoms with Crippen molar-refractivity contribution in [2.24, 2.45) is 0 Å². The van der Waals surface area contributed by atoms with Gasteiger partial charge in [-0.25, -0.2) is 0 Å². The van der Waals surface area contributed by atoms with Crippen molar-refractivity contribution in [1.29, 1.82) is 0 Å². The molecule has 3 aliphatic rings. The van der Waals surface area contributed by atoms with E-state index >= 15 is 0 Å². The van der Waals surface area contributed by atoms with Gasteiger partial charge in [-0.05, 0) is 23.6 Å². The average Bonchev–Trinajstić information content (AvgIpc) is 2.76. The van der Waals surface area contributed by atoms with Gasteiger partial charge in [0.2, 0.25) is 0 Å². The number of likely N-dealkylation sites (N-methyl/N-ethyl adjacent to an activating group) is 1. The molecule has 0 saturated carbocycles. The van der Waals surface area contributed by atoms with Crippen molar-refractivity contribution in [3.63, 3.8) is 0 Å². The number of rotatable bonds is 0. The van der Waals surface area contributed by atoms with Crippen LogP contribution >= 0.6 is 12.4 Å². The number of benzene rings is 1. The van der Waals surface area contributed by atoms with Crippen LogP contribution in [0.2, 0.25) is 0 Å². The highest BCUT2D eigenvalue weighted by Crippen LogP contribution is 2.45. The van der Waals surface area contributed by atoms with Crippen LogP contribution in [0.5, 0.6) is 5.75 Å².